The lowest BCUT2D eigenvalue weighted by Crippen LogP contribution is -2.09. The van der Waals surface area contributed by atoms with Gasteiger partial charge < -0.3 is 4.74 Å². The molecule has 2 aromatic carbocycles. The van der Waals surface area contributed by atoms with Crippen molar-refractivity contribution in [1.29, 1.82) is 0 Å². The smallest absolute Gasteiger partial charge is 0.137 e. The third-order valence-corrected chi connectivity index (χ3v) is 4.61. The predicted octanol–water partition coefficient (Wildman–Crippen LogP) is 5.24. The molecule has 0 saturated carbocycles. The van der Waals surface area contributed by atoms with Crippen LogP contribution < -0.4 is 4.74 Å². The molecule has 104 valence electrons. The number of alkyl halides is 1. The van der Waals surface area contributed by atoms with E-state index in [0.29, 0.717) is 4.47 Å². The molecule has 0 amide bonds. The Kier molecular flexibility index (Phi) is 3.99. The zero-order chi connectivity index (χ0) is 14.1. The molecule has 0 aliphatic carbocycles. The summed E-state index contributed by atoms with van der Waals surface area (Å²) in [5, 5.41) is -0.357. The third-order valence-electron chi connectivity index (χ3n) is 3.46. The van der Waals surface area contributed by atoms with Crippen LogP contribution in [0.25, 0.3) is 0 Å². The fourth-order valence-corrected chi connectivity index (χ4v) is 2.92. The van der Waals surface area contributed by atoms with Crippen LogP contribution in [0, 0.1) is 5.82 Å². The lowest BCUT2D eigenvalue weighted by molar-refractivity contribution is 0.288. The first-order chi connectivity index (χ1) is 9.65. The molecule has 0 N–H and O–H groups in total. The van der Waals surface area contributed by atoms with Gasteiger partial charge in [0.1, 0.15) is 11.6 Å². The monoisotopic (exact) mass is 354 g/mol. The fraction of sp³-hybridized carbons (Fsp3) is 0.250. The molecular formula is C16H13BrClFO. The summed E-state index contributed by atoms with van der Waals surface area (Å²) < 4.78 is 19.6. The molecule has 0 aromatic heterocycles. The Hall–Kier alpha value is -1.06. The maximum absolute atomic E-state index is 13.6. The Balaban J connectivity index is 1.93. The van der Waals surface area contributed by atoms with E-state index >= 15 is 0 Å². The van der Waals surface area contributed by atoms with Gasteiger partial charge in [-0.25, -0.2) is 4.39 Å². The molecule has 20 heavy (non-hydrogen) atoms. The van der Waals surface area contributed by atoms with Gasteiger partial charge in [0.25, 0.3) is 0 Å². The number of hydrogen-bond donors (Lipinski definition) is 0. The van der Waals surface area contributed by atoms with Crippen molar-refractivity contribution < 1.29 is 9.13 Å². The Labute approximate surface area is 130 Å². The van der Waals surface area contributed by atoms with Crippen LogP contribution in [0.2, 0.25) is 0 Å². The van der Waals surface area contributed by atoms with E-state index in [0.717, 1.165) is 36.3 Å². The predicted molar refractivity (Wildman–Crippen MR) is 82.1 cm³/mol. The molecule has 1 aliphatic heterocycles. The number of aryl methyl sites for hydroxylation is 1. The molecule has 0 fully saturated rings. The molecule has 1 heterocycles. The summed E-state index contributed by atoms with van der Waals surface area (Å²) in [4.78, 5) is 0. The molecule has 1 unspecified atom stereocenters. The van der Waals surface area contributed by atoms with Gasteiger partial charge in [-0.2, -0.15) is 0 Å². The number of fused-ring (bicyclic) bond motifs is 1. The van der Waals surface area contributed by atoms with Gasteiger partial charge in [-0.3, -0.25) is 0 Å². The van der Waals surface area contributed by atoms with E-state index in [2.05, 4.69) is 22.0 Å². The van der Waals surface area contributed by atoms with E-state index in [1.807, 2.05) is 18.2 Å². The lowest BCUT2D eigenvalue weighted by atomic mass is 9.98. The third kappa shape index (κ3) is 2.70. The van der Waals surface area contributed by atoms with Crippen LogP contribution in [0.3, 0.4) is 0 Å². The van der Waals surface area contributed by atoms with Crippen molar-refractivity contribution in [3.05, 3.63) is 63.4 Å². The molecule has 2 aromatic rings. The summed E-state index contributed by atoms with van der Waals surface area (Å²) in [6.07, 6.45) is 2.03. The van der Waals surface area contributed by atoms with Gasteiger partial charge in [-0.15, -0.1) is 11.6 Å². The topological polar surface area (TPSA) is 9.23 Å². The molecule has 1 nitrogen and oxygen atoms in total. The Morgan fingerprint density at radius 2 is 1.90 bits per heavy atom. The minimum atomic E-state index is -0.357. The normalized spacial score (nSPS) is 15.3. The van der Waals surface area contributed by atoms with E-state index in [9.17, 15) is 4.39 Å². The van der Waals surface area contributed by atoms with Crippen molar-refractivity contribution in [3.63, 3.8) is 0 Å². The quantitative estimate of drug-likeness (QED) is 0.669. The van der Waals surface area contributed by atoms with Gasteiger partial charge in [0, 0.05) is 0 Å². The minimum Gasteiger partial charge on any atom is -0.493 e. The molecule has 1 aliphatic rings. The largest absolute Gasteiger partial charge is 0.493 e. The highest BCUT2D eigenvalue weighted by Gasteiger charge is 2.16. The van der Waals surface area contributed by atoms with Crippen molar-refractivity contribution >= 4 is 27.5 Å². The van der Waals surface area contributed by atoms with Gasteiger partial charge in [0.2, 0.25) is 0 Å². The number of rotatable bonds is 2. The minimum absolute atomic E-state index is 0.297. The van der Waals surface area contributed by atoms with E-state index < -0.39 is 0 Å². The number of hydrogen-bond acceptors (Lipinski definition) is 1. The standard InChI is InChI=1S/C16H13BrClFO/c17-13-5-3-12(9-14(13)19)16(18)11-4-6-15-10(8-11)2-1-7-20-15/h3-6,8-9,16H,1-2,7H2. The summed E-state index contributed by atoms with van der Waals surface area (Å²) in [6.45, 7) is 0.772. The average Bonchev–Trinajstić information content (AvgIpc) is 2.49. The van der Waals surface area contributed by atoms with E-state index in [-0.39, 0.29) is 11.2 Å². The van der Waals surface area contributed by atoms with E-state index in [1.54, 1.807) is 6.07 Å². The van der Waals surface area contributed by atoms with Gasteiger partial charge in [0.15, 0.2) is 0 Å². The van der Waals surface area contributed by atoms with Crippen molar-refractivity contribution in [1.82, 2.24) is 0 Å². The Bertz CT molecular complexity index is 644. The van der Waals surface area contributed by atoms with Gasteiger partial charge >= 0.3 is 0 Å². The maximum Gasteiger partial charge on any atom is 0.137 e. The summed E-state index contributed by atoms with van der Waals surface area (Å²) >= 11 is 9.63. The summed E-state index contributed by atoms with van der Waals surface area (Å²) in [6, 6.07) is 10.9. The van der Waals surface area contributed by atoms with E-state index in [1.165, 1.54) is 11.6 Å². The average molecular weight is 356 g/mol. The highest BCUT2D eigenvalue weighted by Crippen LogP contribution is 2.34. The van der Waals surface area contributed by atoms with Crippen LogP contribution in [0.4, 0.5) is 4.39 Å². The Morgan fingerprint density at radius 1 is 1.15 bits per heavy atom. The molecule has 0 spiro atoms. The number of halogens is 3. The summed E-state index contributed by atoms with van der Waals surface area (Å²) in [7, 11) is 0. The van der Waals surface area contributed by atoms with Crippen molar-refractivity contribution in [3.8, 4) is 5.75 Å². The molecule has 1 atom stereocenters. The van der Waals surface area contributed by atoms with Crippen LogP contribution in [0.5, 0.6) is 5.75 Å². The highest BCUT2D eigenvalue weighted by molar-refractivity contribution is 9.10. The molecule has 4 heteroatoms. The second kappa shape index (κ2) is 5.74. The molecular weight excluding hydrogens is 343 g/mol. The van der Waals surface area contributed by atoms with Crippen molar-refractivity contribution in [2.24, 2.45) is 0 Å². The van der Waals surface area contributed by atoms with Crippen LogP contribution in [0.1, 0.15) is 28.5 Å². The maximum atomic E-state index is 13.6. The molecule has 0 saturated heterocycles. The number of benzene rings is 2. The lowest BCUT2D eigenvalue weighted by Gasteiger charge is -2.19. The second-order valence-electron chi connectivity index (χ2n) is 4.86. The zero-order valence-electron chi connectivity index (χ0n) is 10.7. The number of ether oxygens (including phenoxy) is 1. The second-order valence-corrected chi connectivity index (χ2v) is 6.15. The zero-order valence-corrected chi connectivity index (χ0v) is 13.0. The summed E-state index contributed by atoms with van der Waals surface area (Å²) in [5.41, 5.74) is 2.90. The van der Waals surface area contributed by atoms with Crippen LogP contribution in [-0.2, 0) is 6.42 Å². The van der Waals surface area contributed by atoms with Crippen LogP contribution >= 0.6 is 27.5 Å². The van der Waals surface area contributed by atoms with Crippen molar-refractivity contribution in [2.45, 2.75) is 18.2 Å². The van der Waals surface area contributed by atoms with Gasteiger partial charge in [0.05, 0.1) is 16.5 Å². The SMILES string of the molecule is Fc1cc(C(Cl)c2ccc3c(c2)CCCO3)ccc1Br. The summed E-state index contributed by atoms with van der Waals surface area (Å²) in [5.74, 6) is 0.639. The van der Waals surface area contributed by atoms with Crippen LogP contribution in [-0.4, -0.2) is 6.61 Å². The highest BCUT2D eigenvalue weighted by atomic mass is 79.9. The fourth-order valence-electron chi connectivity index (χ4n) is 2.40. The molecule has 0 radical (unpaired) electrons. The molecule has 3 rings (SSSR count). The van der Waals surface area contributed by atoms with Gasteiger partial charge in [-0.1, -0.05) is 18.2 Å². The first-order valence-electron chi connectivity index (χ1n) is 6.50. The van der Waals surface area contributed by atoms with Crippen molar-refractivity contribution in [2.75, 3.05) is 6.61 Å². The first-order valence-corrected chi connectivity index (χ1v) is 7.73. The van der Waals surface area contributed by atoms with E-state index in [4.69, 9.17) is 16.3 Å². The Morgan fingerprint density at radius 3 is 2.70 bits per heavy atom. The molecule has 0 bridgehead atoms. The van der Waals surface area contributed by atoms with Gasteiger partial charge in [-0.05, 0) is 63.7 Å². The first kappa shape index (κ1) is 13.9. The van der Waals surface area contributed by atoms with Crippen LogP contribution in [0.15, 0.2) is 40.9 Å².